The van der Waals surface area contributed by atoms with Crippen molar-refractivity contribution in [3.8, 4) is 5.75 Å². The first-order valence-corrected chi connectivity index (χ1v) is 5.74. The number of carbonyl (C=O) groups excluding carboxylic acids is 1. The van der Waals surface area contributed by atoms with Crippen LogP contribution in [0.25, 0.3) is 0 Å². The van der Waals surface area contributed by atoms with Gasteiger partial charge in [-0.05, 0) is 43.4 Å². The zero-order chi connectivity index (χ0) is 11.5. The van der Waals surface area contributed by atoms with Crippen LogP contribution in [0.1, 0.15) is 35.2 Å². The van der Waals surface area contributed by atoms with Crippen molar-refractivity contribution < 1.29 is 9.90 Å². The van der Waals surface area contributed by atoms with E-state index in [-0.39, 0.29) is 11.7 Å². The van der Waals surface area contributed by atoms with Gasteiger partial charge >= 0.3 is 0 Å². The van der Waals surface area contributed by atoms with E-state index in [1.807, 2.05) is 13.0 Å². The highest BCUT2D eigenvalue weighted by molar-refractivity contribution is 5.96. The molecule has 0 spiro atoms. The highest BCUT2D eigenvalue weighted by atomic mass is 16.3. The summed E-state index contributed by atoms with van der Waals surface area (Å²) in [5.41, 5.74) is 1.32. The molecular weight excluding hydrogens is 202 g/mol. The van der Waals surface area contributed by atoms with E-state index in [1.54, 1.807) is 12.1 Å². The summed E-state index contributed by atoms with van der Waals surface area (Å²) in [7, 11) is 0. The second kappa shape index (κ2) is 4.56. The molecule has 0 aliphatic heterocycles. The van der Waals surface area contributed by atoms with Gasteiger partial charge in [-0.15, -0.1) is 0 Å². The molecule has 1 aliphatic carbocycles. The fraction of sp³-hybridized carbons (Fsp3) is 0.462. The van der Waals surface area contributed by atoms with Crippen LogP contribution in [-0.2, 0) is 0 Å². The first kappa shape index (κ1) is 11.0. The highest BCUT2D eigenvalue weighted by Crippen LogP contribution is 2.25. The Bertz CT molecular complexity index is 397. The average Bonchev–Trinajstić information content (AvgIpc) is 2.14. The first-order valence-electron chi connectivity index (χ1n) is 5.74. The molecule has 1 amide bonds. The third-order valence-electron chi connectivity index (χ3n) is 3.17. The van der Waals surface area contributed by atoms with Gasteiger partial charge in [0.15, 0.2) is 0 Å². The summed E-state index contributed by atoms with van der Waals surface area (Å²) >= 11 is 0. The molecule has 1 aromatic rings. The van der Waals surface area contributed by atoms with E-state index in [0.29, 0.717) is 11.5 Å². The number of aromatic hydroxyl groups is 1. The molecule has 1 fully saturated rings. The summed E-state index contributed by atoms with van der Waals surface area (Å²) in [6.07, 6.45) is 3.69. The maximum absolute atomic E-state index is 11.8. The number of phenols is 1. The molecule has 0 unspecified atom stereocenters. The van der Waals surface area contributed by atoms with Crippen molar-refractivity contribution in [3.05, 3.63) is 29.3 Å². The normalized spacial score (nSPS) is 15.6. The van der Waals surface area contributed by atoms with Gasteiger partial charge in [0.25, 0.3) is 5.91 Å². The van der Waals surface area contributed by atoms with E-state index < -0.39 is 0 Å². The van der Waals surface area contributed by atoms with Crippen molar-refractivity contribution in [2.75, 3.05) is 6.54 Å². The molecule has 86 valence electrons. The maximum atomic E-state index is 11.8. The number of nitrogens with one attached hydrogen (secondary N) is 1. The van der Waals surface area contributed by atoms with Crippen LogP contribution in [0.15, 0.2) is 18.2 Å². The van der Waals surface area contributed by atoms with Gasteiger partial charge in [-0.1, -0.05) is 12.5 Å². The van der Waals surface area contributed by atoms with Gasteiger partial charge < -0.3 is 10.4 Å². The molecular formula is C13H17NO2. The third kappa shape index (κ3) is 2.35. The van der Waals surface area contributed by atoms with Gasteiger partial charge in [-0.2, -0.15) is 0 Å². The second-order valence-electron chi connectivity index (χ2n) is 4.53. The lowest BCUT2D eigenvalue weighted by Gasteiger charge is -2.25. The number of rotatable bonds is 3. The predicted octanol–water partition coefficient (Wildman–Crippen LogP) is 2.23. The second-order valence-corrected chi connectivity index (χ2v) is 4.53. The third-order valence-corrected chi connectivity index (χ3v) is 3.17. The van der Waals surface area contributed by atoms with Crippen LogP contribution in [0.4, 0.5) is 0 Å². The molecule has 1 aliphatic rings. The van der Waals surface area contributed by atoms with Crippen molar-refractivity contribution in [1.82, 2.24) is 5.32 Å². The van der Waals surface area contributed by atoms with Crippen molar-refractivity contribution >= 4 is 5.91 Å². The van der Waals surface area contributed by atoms with E-state index in [9.17, 15) is 9.90 Å². The number of aryl methyl sites for hydroxylation is 1. The summed E-state index contributed by atoms with van der Waals surface area (Å²) in [6.45, 7) is 2.61. The van der Waals surface area contributed by atoms with Crippen LogP contribution in [0.3, 0.4) is 0 Å². The zero-order valence-electron chi connectivity index (χ0n) is 9.49. The van der Waals surface area contributed by atoms with Gasteiger partial charge in [0, 0.05) is 6.54 Å². The molecule has 3 heteroatoms. The Morgan fingerprint density at radius 2 is 2.25 bits per heavy atom. The van der Waals surface area contributed by atoms with Crippen molar-refractivity contribution in [2.24, 2.45) is 5.92 Å². The molecule has 0 heterocycles. The molecule has 0 radical (unpaired) electrons. The van der Waals surface area contributed by atoms with Gasteiger partial charge in [0.05, 0.1) is 5.56 Å². The zero-order valence-corrected chi connectivity index (χ0v) is 9.49. The molecule has 1 aromatic carbocycles. The van der Waals surface area contributed by atoms with E-state index in [0.717, 1.165) is 12.1 Å². The highest BCUT2D eigenvalue weighted by Gasteiger charge is 2.19. The quantitative estimate of drug-likeness (QED) is 0.819. The van der Waals surface area contributed by atoms with Crippen LogP contribution >= 0.6 is 0 Å². The Labute approximate surface area is 95.5 Å². The van der Waals surface area contributed by atoms with Crippen molar-refractivity contribution in [3.63, 3.8) is 0 Å². The lowest BCUT2D eigenvalue weighted by Crippen LogP contribution is -2.32. The van der Waals surface area contributed by atoms with E-state index in [4.69, 9.17) is 0 Å². The number of hydrogen-bond donors (Lipinski definition) is 2. The lowest BCUT2D eigenvalue weighted by atomic mass is 9.85. The smallest absolute Gasteiger partial charge is 0.255 e. The van der Waals surface area contributed by atoms with E-state index in [2.05, 4.69) is 5.32 Å². The van der Waals surface area contributed by atoms with Gasteiger partial charge in [-0.3, -0.25) is 4.79 Å². The minimum absolute atomic E-state index is 0.0612. The minimum Gasteiger partial charge on any atom is -0.507 e. The summed E-state index contributed by atoms with van der Waals surface area (Å²) in [5.74, 6) is 0.520. The number of phenolic OH excluding ortho intramolecular Hbond substituents is 1. The Morgan fingerprint density at radius 3 is 2.81 bits per heavy atom. The largest absolute Gasteiger partial charge is 0.507 e. The Morgan fingerprint density at radius 1 is 1.50 bits per heavy atom. The van der Waals surface area contributed by atoms with Gasteiger partial charge in [-0.25, -0.2) is 0 Å². The first-order chi connectivity index (χ1) is 7.66. The van der Waals surface area contributed by atoms with Crippen LogP contribution in [0.5, 0.6) is 5.75 Å². The van der Waals surface area contributed by atoms with E-state index in [1.165, 1.54) is 19.3 Å². The lowest BCUT2D eigenvalue weighted by molar-refractivity contribution is 0.0936. The van der Waals surface area contributed by atoms with Crippen LogP contribution in [-0.4, -0.2) is 17.6 Å². The molecule has 1 saturated carbocycles. The molecule has 2 rings (SSSR count). The standard InChI is InChI=1S/C13H17NO2/c1-9-5-6-11(12(15)7-9)13(16)14-8-10-3-2-4-10/h5-7,10,15H,2-4,8H2,1H3,(H,14,16). The summed E-state index contributed by atoms with van der Waals surface area (Å²) in [6, 6.07) is 5.11. The number of hydrogen-bond acceptors (Lipinski definition) is 2. The molecule has 0 atom stereocenters. The molecule has 2 N–H and O–H groups in total. The maximum Gasteiger partial charge on any atom is 0.255 e. The molecule has 0 saturated heterocycles. The summed E-state index contributed by atoms with van der Waals surface area (Å²) in [4.78, 5) is 11.8. The van der Waals surface area contributed by atoms with Crippen molar-refractivity contribution in [2.45, 2.75) is 26.2 Å². The SMILES string of the molecule is Cc1ccc(C(=O)NCC2CCC2)c(O)c1. The molecule has 3 nitrogen and oxygen atoms in total. The topological polar surface area (TPSA) is 49.3 Å². The average molecular weight is 219 g/mol. The molecule has 0 bridgehead atoms. The molecule has 16 heavy (non-hydrogen) atoms. The Balaban J connectivity index is 1.96. The van der Waals surface area contributed by atoms with Crippen LogP contribution < -0.4 is 5.32 Å². The minimum atomic E-state index is -0.176. The fourth-order valence-corrected chi connectivity index (χ4v) is 1.86. The van der Waals surface area contributed by atoms with E-state index >= 15 is 0 Å². The number of amides is 1. The van der Waals surface area contributed by atoms with Crippen molar-refractivity contribution in [1.29, 1.82) is 0 Å². The summed E-state index contributed by atoms with van der Waals surface area (Å²) in [5, 5.41) is 12.5. The van der Waals surface area contributed by atoms with Gasteiger partial charge in [0.1, 0.15) is 5.75 Å². The molecule has 0 aromatic heterocycles. The number of carbonyl (C=O) groups is 1. The Hall–Kier alpha value is -1.51. The fourth-order valence-electron chi connectivity index (χ4n) is 1.86. The Kier molecular flexibility index (Phi) is 3.13. The predicted molar refractivity (Wildman–Crippen MR) is 62.5 cm³/mol. The number of benzene rings is 1. The monoisotopic (exact) mass is 219 g/mol. The van der Waals surface area contributed by atoms with Crippen LogP contribution in [0.2, 0.25) is 0 Å². The van der Waals surface area contributed by atoms with Gasteiger partial charge in [0.2, 0.25) is 0 Å². The summed E-state index contributed by atoms with van der Waals surface area (Å²) < 4.78 is 0. The van der Waals surface area contributed by atoms with Crippen LogP contribution in [0, 0.1) is 12.8 Å².